The van der Waals surface area contributed by atoms with E-state index in [1.807, 2.05) is 30.3 Å². The summed E-state index contributed by atoms with van der Waals surface area (Å²) < 4.78 is 0. The van der Waals surface area contributed by atoms with Crippen LogP contribution in [0.15, 0.2) is 59.7 Å². The summed E-state index contributed by atoms with van der Waals surface area (Å²) in [6, 6.07) is 17.3. The summed E-state index contributed by atoms with van der Waals surface area (Å²) in [6.45, 7) is 6.18. The van der Waals surface area contributed by atoms with Crippen LogP contribution in [-0.4, -0.2) is 21.8 Å². The van der Waals surface area contributed by atoms with Crippen molar-refractivity contribution in [2.24, 2.45) is 11.0 Å². The monoisotopic (exact) mass is 394 g/mol. The van der Waals surface area contributed by atoms with Gasteiger partial charge in [0.05, 0.1) is 11.4 Å². The minimum atomic E-state index is -0.360. The first kappa shape index (κ1) is 19.8. The van der Waals surface area contributed by atoms with Crippen molar-refractivity contribution >= 4 is 23.2 Å². The van der Waals surface area contributed by atoms with Crippen molar-refractivity contribution in [3.05, 3.63) is 76.4 Å². The van der Waals surface area contributed by atoms with E-state index < -0.39 is 0 Å². The lowest BCUT2D eigenvalue weighted by atomic mass is 10.0. The Hall–Kier alpha value is -2.92. The third-order valence-electron chi connectivity index (χ3n) is 4.30. The summed E-state index contributed by atoms with van der Waals surface area (Å²) in [5, 5.41) is 11.7. The number of nitrogens with zero attached hydrogens (tertiary/aromatic N) is 2. The Labute approximate surface area is 169 Å². The number of hydrogen-bond acceptors (Lipinski definition) is 3. The number of hydrogen-bond donors (Lipinski definition) is 2. The van der Waals surface area contributed by atoms with Crippen molar-refractivity contribution in [2.45, 2.75) is 27.2 Å². The zero-order valence-electron chi connectivity index (χ0n) is 16.2. The summed E-state index contributed by atoms with van der Waals surface area (Å²) >= 11 is 6.15. The molecule has 0 unspecified atom stereocenters. The molecule has 0 bridgehead atoms. The van der Waals surface area contributed by atoms with Crippen molar-refractivity contribution in [2.75, 3.05) is 0 Å². The van der Waals surface area contributed by atoms with Gasteiger partial charge in [0, 0.05) is 16.1 Å². The molecule has 5 nitrogen and oxygen atoms in total. The lowest BCUT2D eigenvalue weighted by molar-refractivity contribution is 0.0950. The lowest BCUT2D eigenvalue weighted by Gasteiger charge is -2.05. The third-order valence-corrected chi connectivity index (χ3v) is 4.63. The van der Waals surface area contributed by atoms with Crippen LogP contribution in [0.1, 0.15) is 42.4 Å². The van der Waals surface area contributed by atoms with Crippen molar-refractivity contribution < 1.29 is 4.79 Å². The molecule has 2 N–H and O–H groups in total. The maximum atomic E-state index is 12.4. The molecule has 0 aliphatic heterocycles. The Morgan fingerprint density at radius 2 is 1.89 bits per heavy atom. The Morgan fingerprint density at radius 3 is 2.57 bits per heavy atom. The fourth-order valence-electron chi connectivity index (χ4n) is 2.88. The van der Waals surface area contributed by atoms with Gasteiger partial charge in [0.15, 0.2) is 0 Å². The van der Waals surface area contributed by atoms with Gasteiger partial charge in [-0.3, -0.25) is 9.89 Å². The Balaban J connectivity index is 1.69. The van der Waals surface area contributed by atoms with E-state index in [-0.39, 0.29) is 5.91 Å². The number of rotatable bonds is 6. The number of halogens is 1. The number of carbonyl (C=O) groups is 1. The van der Waals surface area contributed by atoms with Gasteiger partial charge in [-0.1, -0.05) is 67.9 Å². The van der Waals surface area contributed by atoms with E-state index in [1.165, 1.54) is 5.56 Å². The van der Waals surface area contributed by atoms with E-state index >= 15 is 0 Å². The molecule has 0 aliphatic carbocycles. The van der Waals surface area contributed by atoms with Gasteiger partial charge < -0.3 is 0 Å². The first-order chi connectivity index (χ1) is 13.4. The Bertz CT molecular complexity index is 990. The van der Waals surface area contributed by atoms with E-state index in [0.29, 0.717) is 28.0 Å². The van der Waals surface area contributed by atoms with Crippen LogP contribution in [0, 0.1) is 5.92 Å². The maximum Gasteiger partial charge on any atom is 0.289 e. The van der Waals surface area contributed by atoms with Crippen LogP contribution in [0.5, 0.6) is 0 Å². The zero-order chi connectivity index (χ0) is 20.1. The summed E-state index contributed by atoms with van der Waals surface area (Å²) in [6.07, 6.45) is 1.04. The zero-order valence-corrected chi connectivity index (χ0v) is 16.9. The molecule has 0 aliphatic rings. The molecule has 0 atom stereocenters. The average molecular weight is 395 g/mol. The largest absolute Gasteiger partial charge is 0.289 e. The van der Waals surface area contributed by atoms with Gasteiger partial charge in [0.25, 0.3) is 5.91 Å². The van der Waals surface area contributed by atoms with Gasteiger partial charge in [-0.15, -0.1) is 0 Å². The summed E-state index contributed by atoms with van der Waals surface area (Å²) in [7, 11) is 0. The van der Waals surface area contributed by atoms with E-state index in [4.69, 9.17) is 11.6 Å². The smallest absolute Gasteiger partial charge is 0.272 e. The molecule has 28 heavy (non-hydrogen) atoms. The van der Waals surface area contributed by atoms with E-state index in [0.717, 1.165) is 17.5 Å². The van der Waals surface area contributed by atoms with Crippen molar-refractivity contribution in [3.8, 4) is 11.3 Å². The molecule has 0 saturated carbocycles. The second kappa shape index (κ2) is 8.85. The molecule has 0 radical (unpaired) electrons. The standard InChI is InChI=1S/C22H23ClN4O/c1-14(2)12-16-8-10-17(11-9-16)20-13-21(26-25-20)22(28)27-24-15(3)18-6-4-5-7-19(18)23/h4-11,13-14H,12H2,1-3H3,(H,25,26)(H,27,28)/b24-15+. The summed E-state index contributed by atoms with van der Waals surface area (Å²) in [5.74, 6) is 0.253. The van der Waals surface area contributed by atoms with Crippen LogP contribution >= 0.6 is 11.6 Å². The van der Waals surface area contributed by atoms with Crippen LogP contribution in [0.3, 0.4) is 0 Å². The molecule has 0 saturated heterocycles. The molecule has 2 aromatic carbocycles. The lowest BCUT2D eigenvalue weighted by Crippen LogP contribution is -2.19. The van der Waals surface area contributed by atoms with E-state index in [9.17, 15) is 4.79 Å². The number of aromatic amines is 1. The van der Waals surface area contributed by atoms with Gasteiger partial charge in [0.2, 0.25) is 0 Å². The fourth-order valence-corrected chi connectivity index (χ4v) is 3.15. The number of amides is 1. The van der Waals surface area contributed by atoms with Crippen molar-refractivity contribution in [1.29, 1.82) is 0 Å². The number of H-pyrrole nitrogens is 1. The number of carbonyl (C=O) groups excluding carboxylic acids is 1. The molecule has 3 rings (SSSR count). The molecule has 0 spiro atoms. The highest BCUT2D eigenvalue weighted by Gasteiger charge is 2.11. The van der Waals surface area contributed by atoms with Gasteiger partial charge >= 0.3 is 0 Å². The highest BCUT2D eigenvalue weighted by atomic mass is 35.5. The minimum Gasteiger partial charge on any atom is -0.272 e. The quantitative estimate of drug-likeness (QED) is 0.452. The van der Waals surface area contributed by atoms with Gasteiger partial charge in [-0.2, -0.15) is 10.2 Å². The first-order valence-electron chi connectivity index (χ1n) is 9.18. The number of nitrogens with one attached hydrogen (secondary N) is 2. The molecular weight excluding hydrogens is 372 g/mol. The maximum absolute atomic E-state index is 12.4. The van der Waals surface area contributed by atoms with Crippen molar-refractivity contribution in [1.82, 2.24) is 15.6 Å². The molecule has 0 fully saturated rings. The Kier molecular flexibility index (Phi) is 6.26. The molecule has 6 heteroatoms. The normalized spacial score (nSPS) is 11.7. The van der Waals surface area contributed by atoms with Gasteiger partial charge in [-0.25, -0.2) is 5.43 Å². The second-order valence-electron chi connectivity index (χ2n) is 7.08. The van der Waals surface area contributed by atoms with Crippen LogP contribution in [0.2, 0.25) is 5.02 Å². The minimum absolute atomic E-state index is 0.344. The predicted molar refractivity (Wildman–Crippen MR) is 114 cm³/mol. The molecular formula is C22H23ClN4O. The van der Waals surface area contributed by atoms with Crippen molar-refractivity contribution in [3.63, 3.8) is 0 Å². The number of hydrazone groups is 1. The number of aromatic nitrogens is 2. The van der Waals surface area contributed by atoms with Gasteiger partial charge in [-0.05, 0) is 37.0 Å². The fraction of sp³-hybridized carbons (Fsp3) is 0.227. The second-order valence-corrected chi connectivity index (χ2v) is 7.49. The van der Waals surface area contributed by atoms with Crippen LogP contribution in [0.4, 0.5) is 0 Å². The number of benzene rings is 2. The highest BCUT2D eigenvalue weighted by molar-refractivity contribution is 6.34. The summed E-state index contributed by atoms with van der Waals surface area (Å²) in [4.78, 5) is 12.4. The van der Waals surface area contributed by atoms with Gasteiger partial charge in [0.1, 0.15) is 5.69 Å². The Morgan fingerprint density at radius 1 is 1.18 bits per heavy atom. The average Bonchev–Trinajstić information content (AvgIpc) is 3.16. The molecule has 3 aromatic rings. The van der Waals surface area contributed by atoms with Crippen LogP contribution in [0.25, 0.3) is 11.3 Å². The molecule has 1 heterocycles. The van der Waals surface area contributed by atoms with E-state index in [2.05, 4.69) is 46.7 Å². The van der Waals surface area contributed by atoms with Crippen LogP contribution < -0.4 is 5.43 Å². The van der Waals surface area contributed by atoms with Crippen LogP contribution in [-0.2, 0) is 6.42 Å². The predicted octanol–water partition coefficient (Wildman–Crippen LogP) is 5.08. The van der Waals surface area contributed by atoms with E-state index in [1.54, 1.807) is 19.1 Å². The highest BCUT2D eigenvalue weighted by Crippen LogP contribution is 2.20. The molecule has 1 aromatic heterocycles. The molecule has 1 amide bonds. The first-order valence-corrected chi connectivity index (χ1v) is 9.56. The SMILES string of the molecule is C/C(=N\NC(=O)c1cc(-c2ccc(CC(C)C)cc2)n[nH]1)c1ccccc1Cl. The topological polar surface area (TPSA) is 70.1 Å². The third kappa shape index (κ3) is 4.87. The summed E-state index contributed by atoms with van der Waals surface area (Å²) in [5.41, 5.74) is 7.24. The molecule has 144 valence electrons.